The minimum atomic E-state index is -1.31. The molecule has 0 bridgehead atoms. The standard InChI is InChI=1S/C14H14N3O6S/c1-3-10(24-12-14(22)23-16-17(12)2)11(19)15-7-4-5-9(18)8(6-7)13(20)21/h4-6,10H,3H2,1-2H3,(H2,20,21,22)/q-1/p+1. The molecule has 1 atom stereocenters. The van der Waals surface area contributed by atoms with Crippen LogP contribution in [0.25, 0.3) is 0 Å². The number of rotatable bonds is 6. The summed E-state index contributed by atoms with van der Waals surface area (Å²) in [7, 11) is 1.52. The Morgan fingerprint density at radius 2 is 2.21 bits per heavy atom. The molecule has 0 saturated heterocycles. The Kier molecular flexibility index (Phi) is 5.29. The van der Waals surface area contributed by atoms with Gasteiger partial charge in [0.2, 0.25) is 5.91 Å². The Hall–Kier alpha value is -2.75. The third-order valence-electron chi connectivity index (χ3n) is 3.13. The number of carboxylic acid groups (broad SMARTS) is 1. The van der Waals surface area contributed by atoms with E-state index in [2.05, 4.69) is 15.1 Å². The van der Waals surface area contributed by atoms with Crippen LogP contribution in [0.2, 0.25) is 0 Å². The third kappa shape index (κ3) is 3.77. The second kappa shape index (κ2) is 7.21. The van der Waals surface area contributed by atoms with Gasteiger partial charge in [-0.2, -0.15) is 0 Å². The van der Waals surface area contributed by atoms with Crippen LogP contribution in [-0.4, -0.2) is 32.6 Å². The summed E-state index contributed by atoms with van der Waals surface area (Å²) in [6, 6.07) is 3.73. The number of amides is 1. The van der Waals surface area contributed by atoms with Crippen molar-refractivity contribution in [3.63, 3.8) is 0 Å². The zero-order chi connectivity index (χ0) is 17.9. The summed E-state index contributed by atoms with van der Waals surface area (Å²) in [4.78, 5) is 23.4. The summed E-state index contributed by atoms with van der Waals surface area (Å²) in [6.45, 7) is 1.77. The number of thioether (sulfide) groups is 1. The largest absolute Gasteiger partial charge is 0.538 e. The molecule has 0 aliphatic rings. The maximum Gasteiger partial charge on any atom is 0.339 e. The van der Waals surface area contributed by atoms with E-state index in [4.69, 9.17) is 5.11 Å². The molecule has 2 aromatic rings. The molecule has 1 aromatic heterocycles. The lowest BCUT2D eigenvalue weighted by Gasteiger charge is -2.13. The van der Waals surface area contributed by atoms with Gasteiger partial charge in [0.1, 0.15) is 11.3 Å². The molecular formula is C14H15N3O6S. The molecule has 1 aromatic carbocycles. The van der Waals surface area contributed by atoms with E-state index >= 15 is 0 Å². The van der Waals surface area contributed by atoms with Gasteiger partial charge in [0.05, 0.1) is 10.5 Å². The Balaban J connectivity index is 2.15. The van der Waals surface area contributed by atoms with E-state index in [-0.39, 0.29) is 16.3 Å². The number of phenols is 1. The van der Waals surface area contributed by atoms with E-state index in [1.165, 1.54) is 23.9 Å². The average Bonchev–Trinajstić information content (AvgIpc) is 2.85. The normalized spacial score (nSPS) is 11.9. The minimum absolute atomic E-state index is 0.189. The van der Waals surface area contributed by atoms with Crippen LogP contribution in [-0.2, 0) is 11.8 Å². The predicted molar refractivity (Wildman–Crippen MR) is 80.8 cm³/mol. The van der Waals surface area contributed by atoms with Crippen molar-refractivity contribution < 1.29 is 34.1 Å². The maximum absolute atomic E-state index is 12.4. The molecule has 0 aliphatic heterocycles. The van der Waals surface area contributed by atoms with E-state index in [0.29, 0.717) is 6.42 Å². The van der Waals surface area contributed by atoms with Crippen molar-refractivity contribution in [3.8, 4) is 11.7 Å². The zero-order valence-corrected chi connectivity index (χ0v) is 13.7. The minimum Gasteiger partial charge on any atom is -0.538 e. The number of nitrogens with zero attached hydrogens (tertiary/aromatic N) is 2. The molecule has 0 radical (unpaired) electrons. The number of hydrogen-bond acceptors (Lipinski definition) is 7. The lowest BCUT2D eigenvalue weighted by Crippen LogP contribution is -2.34. The van der Waals surface area contributed by atoms with E-state index in [0.717, 1.165) is 17.8 Å². The fourth-order valence-corrected chi connectivity index (χ4v) is 2.82. The number of benzene rings is 1. The highest BCUT2D eigenvalue weighted by atomic mass is 32.2. The third-order valence-corrected chi connectivity index (χ3v) is 4.61. The van der Waals surface area contributed by atoms with Gasteiger partial charge in [-0.3, -0.25) is 4.79 Å². The number of aromatic carboxylic acids is 1. The van der Waals surface area contributed by atoms with Crippen molar-refractivity contribution in [1.82, 2.24) is 5.27 Å². The van der Waals surface area contributed by atoms with Crippen molar-refractivity contribution >= 4 is 29.3 Å². The van der Waals surface area contributed by atoms with E-state index in [1.807, 2.05) is 0 Å². The molecule has 1 unspecified atom stereocenters. The first-order chi connectivity index (χ1) is 11.3. The first-order valence-corrected chi connectivity index (χ1v) is 7.78. The van der Waals surface area contributed by atoms with Gasteiger partial charge in [-0.25, -0.2) is 4.79 Å². The summed E-state index contributed by atoms with van der Waals surface area (Å²) in [6.07, 6.45) is 0.422. The van der Waals surface area contributed by atoms with Crippen LogP contribution in [0.3, 0.4) is 0 Å². The van der Waals surface area contributed by atoms with Crippen LogP contribution >= 0.6 is 11.8 Å². The Labute approximate surface area is 140 Å². The van der Waals surface area contributed by atoms with Crippen LogP contribution < -0.4 is 15.1 Å². The zero-order valence-electron chi connectivity index (χ0n) is 12.8. The van der Waals surface area contributed by atoms with Crippen molar-refractivity contribution in [2.75, 3.05) is 5.32 Å². The monoisotopic (exact) mass is 353 g/mol. The molecule has 1 heterocycles. The highest BCUT2D eigenvalue weighted by Gasteiger charge is 2.25. The molecule has 0 fully saturated rings. The van der Waals surface area contributed by atoms with Gasteiger partial charge >= 0.3 is 5.97 Å². The summed E-state index contributed by atoms with van der Waals surface area (Å²) < 4.78 is 5.75. The molecule has 0 saturated carbocycles. The number of aryl methyl sites for hydroxylation is 1. The molecule has 9 nitrogen and oxygen atoms in total. The molecule has 24 heavy (non-hydrogen) atoms. The van der Waals surface area contributed by atoms with Gasteiger partial charge in [-0.1, -0.05) is 11.6 Å². The topological polar surface area (TPSA) is 140 Å². The number of hydrogen-bond donors (Lipinski definition) is 3. The van der Waals surface area contributed by atoms with Crippen LogP contribution in [0, 0.1) is 0 Å². The van der Waals surface area contributed by atoms with Crippen LogP contribution in [0.15, 0.2) is 27.7 Å². The van der Waals surface area contributed by atoms with E-state index in [9.17, 15) is 19.8 Å². The predicted octanol–water partition coefficient (Wildman–Crippen LogP) is 0.486. The lowest BCUT2D eigenvalue weighted by molar-refractivity contribution is -0.772. The number of anilines is 1. The van der Waals surface area contributed by atoms with Gasteiger partial charge in [0.15, 0.2) is 13.0 Å². The SMILES string of the molecule is CCC(Sc1c([O-])on[n+]1C)C(=O)Nc1ccc(O)c(C(=O)O)c1. The van der Waals surface area contributed by atoms with Gasteiger partial charge in [-0.05, 0) is 36.4 Å². The molecule has 128 valence electrons. The quantitative estimate of drug-likeness (QED) is 0.387. The fraction of sp³-hybridized carbons (Fsp3) is 0.286. The molecule has 10 heteroatoms. The number of aromatic nitrogens is 2. The molecule has 0 aliphatic carbocycles. The average molecular weight is 353 g/mol. The second-order valence-corrected chi connectivity index (χ2v) is 6.02. The number of carbonyl (C=O) groups is 2. The molecule has 2 rings (SSSR count). The number of aromatic hydroxyl groups is 1. The van der Waals surface area contributed by atoms with Crippen LogP contribution in [0.5, 0.6) is 11.7 Å². The van der Waals surface area contributed by atoms with Crippen molar-refractivity contribution in [2.45, 2.75) is 23.6 Å². The summed E-state index contributed by atoms with van der Waals surface area (Å²) >= 11 is 1.01. The summed E-state index contributed by atoms with van der Waals surface area (Å²) in [5.41, 5.74) is -0.0907. The Bertz CT molecular complexity index is 756. The smallest absolute Gasteiger partial charge is 0.339 e. The number of carboxylic acids is 1. The lowest BCUT2D eigenvalue weighted by atomic mass is 10.1. The number of nitrogens with one attached hydrogen (secondary N) is 1. The summed E-state index contributed by atoms with van der Waals surface area (Å²) in [5.74, 6) is -2.75. The van der Waals surface area contributed by atoms with Gasteiger partial charge in [0, 0.05) is 5.69 Å². The van der Waals surface area contributed by atoms with Gasteiger partial charge in [0.25, 0.3) is 5.03 Å². The molecular weight excluding hydrogens is 338 g/mol. The van der Waals surface area contributed by atoms with E-state index in [1.54, 1.807) is 6.92 Å². The van der Waals surface area contributed by atoms with E-state index < -0.39 is 28.8 Å². The fourth-order valence-electron chi connectivity index (χ4n) is 1.90. The van der Waals surface area contributed by atoms with Crippen LogP contribution in [0.1, 0.15) is 23.7 Å². The maximum atomic E-state index is 12.4. The first-order valence-electron chi connectivity index (χ1n) is 6.90. The highest BCUT2D eigenvalue weighted by molar-refractivity contribution is 8.00. The number of carbonyl (C=O) groups excluding carboxylic acids is 1. The highest BCUT2D eigenvalue weighted by Crippen LogP contribution is 2.29. The first kappa shape index (κ1) is 17.6. The van der Waals surface area contributed by atoms with Crippen molar-refractivity contribution in [2.24, 2.45) is 7.05 Å². The van der Waals surface area contributed by atoms with Crippen molar-refractivity contribution in [1.29, 1.82) is 0 Å². The Morgan fingerprint density at radius 3 is 2.75 bits per heavy atom. The van der Waals surface area contributed by atoms with Crippen LogP contribution in [0.4, 0.5) is 5.69 Å². The van der Waals surface area contributed by atoms with Gasteiger partial charge < -0.3 is 25.2 Å². The second-order valence-electron chi connectivity index (χ2n) is 4.83. The Morgan fingerprint density at radius 1 is 1.50 bits per heavy atom. The summed E-state index contributed by atoms with van der Waals surface area (Å²) in [5, 5.41) is 35.6. The molecule has 3 N–H and O–H groups in total. The van der Waals surface area contributed by atoms with Crippen molar-refractivity contribution in [3.05, 3.63) is 23.8 Å². The van der Waals surface area contributed by atoms with Gasteiger partial charge in [-0.15, -0.1) is 0 Å². The molecule has 1 amide bonds. The molecule has 0 spiro atoms.